The van der Waals surface area contributed by atoms with Gasteiger partial charge in [-0.25, -0.2) is 4.98 Å². The van der Waals surface area contributed by atoms with Crippen molar-refractivity contribution in [2.75, 3.05) is 18.4 Å². The highest BCUT2D eigenvalue weighted by molar-refractivity contribution is 6.01. The summed E-state index contributed by atoms with van der Waals surface area (Å²) in [5.74, 6) is -0.390. The molecule has 2 aromatic heterocycles. The molecule has 0 saturated heterocycles. The van der Waals surface area contributed by atoms with Crippen molar-refractivity contribution in [3.63, 3.8) is 0 Å². The van der Waals surface area contributed by atoms with Crippen LogP contribution in [0.5, 0.6) is 0 Å². The van der Waals surface area contributed by atoms with Crippen LogP contribution in [0.15, 0.2) is 64.1 Å². The van der Waals surface area contributed by atoms with Crippen LogP contribution in [0.4, 0.5) is 11.4 Å². The molecule has 0 fully saturated rings. The SMILES string of the molecule is O=C(Cn1cnc2c(oc3ccccc32)c1=O)NCCNc1ccccc1[N+](=O)[O-]. The number of rotatable bonds is 7. The van der Waals surface area contributed by atoms with Crippen molar-refractivity contribution in [1.82, 2.24) is 14.9 Å². The van der Waals surface area contributed by atoms with Crippen molar-refractivity contribution in [2.45, 2.75) is 6.54 Å². The number of carbonyl (C=O) groups is 1. The number of nitro benzene ring substituents is 1. The molecular weight excluding hydrogens is 390 g/mol. The smallest absolute Gasteiger partial charge is 0.297 e. The van der Waals surface area contributed by atoms with Gasteiger partial charge in [0.25, 0.3) is 11.2 Å². The zero-order valence-electron chi connectivity index (χ0n) is 15.7. The molecule has 10 heteroatoms. The van der Waals surface area contributed by atoms with Gasteiger partial charge in [0.05, 0.1) is 11.3 Å². The summed E-state index contributed by atoms with van der Waals surface area (Å²) in [5, 5.41) is 17.3. The molecule has 2 aromatic carbocycles. The lowest BCUT2D eigenvalue weighted by molar-refractivity contribution is -0.384. The minimum Gasteiger partial charge on any atom is -0.448 e. The zero-order chi connectivity index (χ0) is 21.1. The van der Waals surface area contributed by atoms with Crippen LogP contribution in [0.3, 0.4) is 0 Å². The van der Waals surface area contributed by atoms with Gasteiger partial charge in [-0.15, -0.1) is 0 Å². The average molecular weight is 407 g/mol. The molecule has 0 radical (unpaired) electrons. The molecule has 4 aromatic rings. The van der Waals surface area contributed by atoms with Crippen LogP contribution in [0, 0.1) is 10.1 Å². The number of nitro groups is 1. The highest BCUT2D eigenvalue weighted by atomic mass is 16.6. The first-order chi connectivity index (χ1) is 14.5. The highest BCUT2D eigenvalue weighted by Gasteiger charge is 2.15. The van der Waals surface area contributed by atoms with E-state index in [4.69, 9.17) is 4.42 Å². The Hall–Kier alpha value is -4.21. The summed E-state index contributed by atoms with van der Waals surface area (Å²) >= 11 is 0. The van der Waals surface area contributed by atoms with Crippen molar-refractivity contribution in [3.05, 3.63) is 75.3 Å². The van der Waals surface area contributed by atoms with Gasteiger partial charge >= 0.3 is 0 Å². The van der Waals surface area contributed by atoms with Crippen LogP contribution in [0.25, 0.3) is 22.1 Å². The minimum atomic E-state index is -0.478. The average Bonchev–Trinajstić information content (AvgIpc) is 3.13. The molecule has 0 aliphatic carbocycles. The number of hydrogen-bond donors (Lipinski definition) is 2. The molecule has 152 valence electrons. The number of fused-ring (bicyclic) bond motifs is 3. The number of amides is 1. The van der Waals surface area contributed by atoms with Crippen LogP contribution in [0.2, 0.25) is 0 Å². The molecule has 2 heterocycles. The Morgan fingerprint density at radius 3 is 2.73 bits per heavy atom. The van der Waals surface area contributed by atoms with Crippen LogP contribution in [0.1, 0.15) is 0 Å². The zero-order valence-corrected chi connectivity index (χ0v) is 15.7. The lowest BCUT2D eigenvalue weighted by atomic mass is 10.2. The number of nitrogens with zero attached hydrogens (tertiary/aromatic N) is 3. The fourth-order valence-electron chi connectivity index (χ4n) is 3.12. The molecular formula is C20H17N5O5. The fraction of sp³-hybridized carbons (Fsp3) is 0.150. The van der Waals surface area contributed by atoms with Gasteiger partial charge in [0.1, 0.15) is 23.3 Å². The van der Waals surface area contributed by atoms with E-state index in [1.165, 1.54) is 17.0 Å². The number of anilines is 1. The van der Waals surface area contributed by atoms with Crippen molar-refractivity contribution >= 4 is 39.4 Å². The van der Waals surface area contributed by atoms with Crippen LogP contribution >= 0.6 is 0 Å². The highest BCUT2D eigenvalue weighted by Crippen LogP contribution is 2.24. The molecule has 0 aliphatic heterocycles. The predicted octanol–water partition coefficient (Wildman–Crippen LogP) is 2.28. The summed E-state index contributed by atoms with van der Waals surface area (Å²) in [7, 11) is 0. The molecule has 0 aliphatic rings. The third-order valence-electron chi connectivity index (χ3n) is 4.53. The lowest BCUT2D eigenvalue weighted by Crippen LogP contribution is -2.34. The molecule has 4 rings (SSSR count). The quantitative estimate of drug-likeness (QED) is 0.273. The van der Waals surface area contributed by atoms with Crippen LogP contribution in [-0.4, -0.2) is 33.5 Å². The first-order valence-corrected chi connectivity index (χ1v) is 9.15. The van der Waals surface area contributed by atoms with Gasteiger partial charge < -0.3 is 15.1 Å². The summed E-state index contributed by atoms with van der Waals surface area (Å²) in [5.41, 5.74) is 1.00. The summed E-state index contributed by atoms with van der Waals surface area (Å²) in [4.78, 5) is 39.6. The van der Waals surface area contributed by atoms with Crippen molar-refractivity contribution < 1.29 is 14.1 Å². The van der Waals surface area contributed by atoms with Crippen molar-refractivity contribution in [2.24, 2.45) is 0 Å². The largest absolute Gasteiger partial charge is 0.448 e. The van der Waals surface area contributed by atoms with Crippen LogP contribution < -0.4 is 16.2 Å². The monoisotopic (exact) mass is 407 g/mol. The third kappa shape index (κ3) is 3.70. The molecule has 0 spiro atoms. The predicted molar refractivity (Wildman–Crippen MR) is 110 cm³/mol. The van der Waals surface area contributed by atoms with Crippen molar-refractivity contribution in [3.8, 4) is 0 Å². The van der Waals surface area contributed by atoms with Gasteiger partial charge in [0.15, 0.2) is 0 Å². The van der Waals surface area contributed by atoms with E-state index in [0.717, 1.165) is 5.39 Å². The summed E-state index contributed by atoms with van der Waals surface area (Å²) in [6.07, 6.45) is 1.32. The maximum absolute atomic E-state index is 12.6. The van der Waals surface area contributed by atoms with Gasteiger partial charge in [0.2, 0.25) is 11.5 Å². The molecule has 2 N–H and O–H groups in total. The lowest BCUT2D eigenvalue weighted by Gasteiger charge is -2.09. The third-order valence-corrected chi connectivity index (χ3v) is 4.53. The summed E-state index contributed by atoms with van der Waals surface area (Å²) in [6, 6.07) is 13.4. The van der Waals surface area contributed by atoms with E-state index >= 15 is 0 Å². The van der Waals surface area contributed by atoms with E-state index in [0.29, 0.717) is 16.8 Å². The second-order valence-electron chi connectivity index (χ2n) is 6.50. The summed E-state index contributed by atoms with van der Waals surface area (Å²) < 4.78 is 6.77. The Morgan fingerprint density at radius 2 is 1.90 bits per heavy atom. The number of carbonyl (C=O) groups excluding carboxylic acids is 1. The van der Waals surface area contributed by atoms with E-state index in [9.17, 15) is 19.7 Å². The number of aromatic nitrogens is 2. The van der Waals surface area contributed by atoms with Gasteiger partial charge in [-0.05, 0) is 18.2 Å². The Bertz CT molecular complexity index is 1310. The maximum Gasteiger partial charge on any atom is 0.297 e. The molecule has 0 bridgehead atoms. The Morgan fingerprint density at radius 1 is 1.13 bits per heavy atom. The second kappa shape index (κ2) is 8.03. The Kier molecular flexibility index (Phi) is 5.12. The Labute approximate surface area is 169 Å². The van der Waals surface area contributed by atoms with E-state index in [1.807, 2.05) is 12.1 Å². The molecule has 0 atom stereocenters. The van der Waals surface area contributed by atoms with E-state index in [-0.39, 0.29) is 30.9 Å². The van der Waals surface area contributed by atoms with Gasteiger partial charge in [0, 0.05) is 24.5 Å². The van der Waals surface area contributed by atoms with Crippen LogP contribution in [-0.2, 0) is 11.3 Å². The topological polar surface area (TPSA) is 132 Å². The van der Waals surface area contributed by atoms with Gasteiger partial charge in [-0.2, -0.15) is 0 Å². The standard InChI is InChI=1S/C20H17N5O5/c26-17(22-10-9-21-14-6-2-3-7-15(14)25(28)29)11-24-12-23-18-13-5-1-4-8-16(13)30-19(18)20(24)27/h1-8,12,21H,9-11H2,(H,22,26). The maximum atomic E-state index is 12.6. The molecule has 0 unspecified atom stereocenters. The number of para-hydroxylation sites is 3. The first-order valence-electron chi connectivity index (χ1n) is 9.15. The molecule has 1 amide bonds. The minimum absolute atomic E-state index is 0.0411. The van der Waals surface area contributed by atoms with Gasteiger partial charge in [-0.3, -0.25) is 24.3 Å². The molecule has 10 nitrogen and oxygen atoms in total. The molecule has 30 heavy (non-hydrogen) atoms. The fourth-order valence-corrected chi connectivity index (χ4v) is 3.12. The summed E-state index contributed by atoms with van der Waals surface area (Å²) in [6.45, 7) is 0.288. The van der Waals surface area contributed by atoms with Crippen molar-refractivity contribution in [1.29, 1.82) is 0 Å². The number of nitrogens with one attached hydrogen (secondary N) is 2. The van der Waals surface area contributed by atoms with E-state index in [1.54, 1.807) is 30.3 Å². The van der Waals surface area contributed by atoms with Gasteiger partial charge in [-0.1, -0.05) is 24.3 Å². The second-order valence-corrected chi connectivity index (χ2v) is 6.50. The normalized spacial score (nSPS) is 10.9. The van der Waals surface area contributed by atoms with E-state index < -0.39 is 16.4 Å². The van der Waals surface area contributed by atoms with E-state index in [2.05, 4.69) is 15.6 Å². The Balaban J connectivity index is 1.38. The number of furan rings is 1. The number of benzene rings is 2. The first kappa shape index (κ1) is 19.1. The number of hydrogen-bond acceptors (Lipinski definition) is 7. The molecule has 0 saturated carbocycles.